The summed E-state index contributed by atoms with van der Waals surface area (Å²) in [5.41, 5.74) is 10.5. The molecule has 2 aromatic heterocycles. The number of ether oxygens (including phenoxy) is 1. The summed E-state index contributed by atoms with van der Waals surface area (Å²) in [5.74, 6) is 3.13. The first-order valence-corrected chi connectivity index (χ1v) is 16.5. The van der Waals surface area contributed by atoms with Gasteiger partial charge in [-0.05, 0) is 71.5 Å². The lowest BCUT2D eigenvalue weighted by atomic mass is 9.91. The predicted octanol–water partition coefficient (Wildman–Crippen LogP) is 10.4. The number of hydrogen-bond donors (Lipinski definition) is 0. The van der Waals surface area contributed by atoms with Crippen LogP contribution in [0.15, 0.2) is 138 Å². The lowest BCUT2D eigenvalue weighted by molar-refractivity contribution is 0.269. The minimum atomic E-state index is 0.0623. The number of aryl methyl sites for hydroxylation is 1. The molecule has 5 heteroatoms. The number of nitrogens with zero attached hydrogens (tertiary/aromatic N) is 3. The highest BCUT2D eigenvalue weighted by atomic mass is 16.5. The summed E-state index contributed by atoms with van der Waals surface area (Å²) in [5, 5.41) is 2.00. The molecule has 2 aliphatic carbocycles. The Morgan fingerprint density at radius 1 is 0.625 bits per heavy atom. The van der Waals surface area contributed by atoms with Crippen LogP contribution >= 0.6 is 0 Å². The van der Waals surface area contributed by atoms with E-state index in [1.165, 1.54) is 16.7 Å². The van der Waals surface area contributed by atoms with E-state index < -0.39 is 0 Å². The maximum Gasteiger partial charge on any atom is 0.164 e. The SMILES string of the molecule is C1=CC2Oc3cc(-c4ccc5oc6cccc(-c7nc(-c8ccccc8)nc(-c8ccc9c(c8)CCC=C9)n7)c6c5c4)ccc3C2C=C1. The Labute approximate surface area is 277 Å². The van der Waals surface area contributed by atoms with E-state index in [9.17, 15) is 0 Å². The number of allylic oxidation sites excluding steroid dienone is 3. The predicted molar refractivity (Wildman–Crippen MR) is 192 cm³/mol. The zero-order valence-electron chi connectivity index (χ0n) is 26.0. The van der Waals surface area contributed by atoms with Crippen molar-refractivity contribution in [1.29, 1.82) is 0 Å². The van der Waals surface area contributed by atoms with Gasteiger partial charge < -0.3 is 9.15 Å². The van der Waals surface area contributed by atoms with E-state index in [1.807, 2.05) is 42.5 Å². The van der Waals surface area contributed by atoms with E-state index in [0.29, 0.717) is 17.5 Å². The summed E-state index contributed by atoms with van der Waals surface area (Å²) >= 11 is 0. The van der Waals surface area contributed by atoms with Crippen molar-refractivity contribution in [3.63, 3.8) is 0 Å². The van der Waals surface area contributed by atoms with Gasteiger partial charge in [-0.3, -0.25) is 0 Å². The maximum absolute atomic E-state index is 6.42. The highest BCUT2D eigenvalue weighted by molar-refractivity contribution is 6.12. The van der Waals surface area contributed by atoms with Gasteiger partial charge >= 0.3 is 0 Å². The standard InChI is InChI=1S/C43H29N3O2/c1-2-10-27(11-3-1)41-44-42(31-18-17-26-9-4-5-12-28(26)23-31)46-43(45-41)34-14-8-16-38-40(34)35-24-29(20-22-37(35)47-38)30-19-21-33-32-13-6-7-15-36(32)48-39(33)25-30/h1-4,6-11,13-25,32,36H,5,12H2. The number of rotatable bonds is 4. The van der Waals surface area contributed by atoms with Crippen molar-refractivity contribution in [3.8, 4) is 51.0 Å². The molecule has 0 bridgehead atoms. The summed E-state index contributed by atoms with van der Waals surface area (Å²) in [6.07, 6.45) is 15.1. The Hall–Kier alpha value is -6.07. The van der Waals surface area contributed by atoms with E-state index in [4.69, 9.17) is 24.1 Å². The number of benzene rings is 5. The minimum absolute atomic E-state index is 0.0623. The monoisotopic (exact) mass is 619 g/mol. The zero-order chi connectivity index (χ0) is 31.6. The molecule has 0 fully saturated rings. The van der Waals surface area contributed by atoms with Crippen molar-refractivity contribution in [2.24, 2.45) is 0 Å². The second kappa shape index (κ2) is 10.7. The normalized spacial score (nSPS) is 17.3. The average Bonchev–Trinajstić information content (AvgIpc) is 3.72. The van der Waals surface area contributed by atoms with Gasteiger partial charge in [0.15, 0.2) is 17.5 Å². The molecule has 48 heavy (non-hydrogen) atoms. The van der Waals surface area contributed by atoms with Crippen molar-refractivity contribution in [3.05, 3.63) is 150 Å². The fraction of sp³-hybridized carbons (Fsp3) is 0.0930. The fourth-order valence-electron chi connectivity index (χ4n) is 7.33. The van der Waals surface area contributed by atoms with E-state index in [-0.39, 0.29) is 12.0 Å². The third kappa shape index (κ3) is 4.43. The zero-order valence-corrected chi connectivity index (χ0v) is 26.0. The third-order valence-electron chi connectivity index (χ3n) is 9.74. The van der Waals surface area contributed by atoms with Crippen molar-refractivity contribution < 1.29 is 9.15 Å². The summed E-state index contributed by atoms with van der Waals surface area (Å²) < 4.78 is 12.8. The Balaban J connectivity index is 1.13. The first-order valence-electron chi connectivity index (χ1n) is 16.5. The van der Waals surface area contributed by atoms with Crippen molar-refractivity contribution in [2.75, 3.05) is 0 Å². The van der Waals surface area contributed by atoms with Crippen LogP contribution in [0.2, 0.25) is 0 Å². The second-order valence-electron chi connectivity index (χ2n) is 12.6. The second-order valence-corrected chi connectivity index (χ2v) is 12.6. The molecule has 3 aliphatic rings. The van der Waals surface area contributed by atoms with Gasteiger partial charge in [0.2, 0.25) is 0 Å². The molecule has 0 N–H and O–H groups in total. The number of furan rings is 1. The van der Waals surface area contributed by atoms with Gasteiger partial charge in [-0.15, -0.1) is 0 Å². The first kappa shape index (κ1) is 27.1. The number of fused-ring (bicyclic) bond motifs is 7. The molecule has 0 saturated heterocycles. The lowest BCUT2D eigenvalue weighted by Gasteiger charge is -2.13. The van der Waals surface area contributed by atoms with E-state index in [2.05, 4.69) is 97.1 Å². The molecule has 3 heterocycles. The minimum Gasteiger partial charge on any atom is -0.485 e. The van der Waals surface area contributed by atoms with E-state index in [0.717, 1.165) is 68.3 Å². The first-order chi connectivity index (χ1) is 23.7. The van der Waals surface area contributed by atoms with Crippen LogP contribution in [-0.2, 0) is 6.42 Å². The van der Waals surface area contributed by atoms with Crippen LogP contribution < -0.4 is 4.74 Å². The molecule has 5 aromatic carbocycles. The highest BCUT2D eigenvalue weighted by Crippen LogP contribution is 2.44. The van der Waals surface area contributed by atoms with Crippen LogP contribution in [0.4, 0.5) is 0 Å². The lowest BCUT2D eigenvalue weighted by Crippen LogP contribution is -2.15. The molecule has 0 amide bonds. The Bertz CT molecular complexity index is 2510. The Morgan fingerprint density at radius 2 is 1.44 bits per heavy atom. The molecule has 2 atom stereocenters. The molecule has 0 spiro atoms. The van der Waals surface area contributed by atoms with Crippen LogP contribution in [0.1, 0.15) is 29.0 Å². The van der Waals surface area contributed by atoms with Gasteiger partial charge in [0.1, 0.15) is 23.0 Å². The summed E-state index contributed by atoms with van der Waals surface area (Å²) in [6, 6.07) is 35.7. The molecule has 0 saturated carbocycles. The van der Waals surface area contributed by atoms with Crippen molar-refractivity contribution in [1.82, 2.24) is 15.0 Å². The molecule has 0 radical (unpaired) electrons. The molecule has 5 nitrogen and oxygen atoms in total. The molecule has 2 unspecified atom stereocenters. The van der Waals surface area contributed by atoms with Gasteiger partial charge in [-0.2, -0.15) is 0 Å². The fourth-order valence-corrected chi connectivity index (χ4v) is 7.33. The topological polar surface area (TPSA) is 61.0 Å². The van der Waals surface area contributed by atoms with Gasteiger partial charge in [-0.1, -0.05) is 103 Å². The molecule has 1 aliphatic heterocycles. The van der Waals surface area contributed by atoms with E-state index >= 15 is 0 Å². The summed E-state index contributed by atoms with van der Waals surface area (Å²) in [4.78, 5) is 15.2. The molecular weight excluding hydrogens is 590 g/mol. The van der Waals surface area contributed by atoms with Crippen molar-refractivity contribution in [2.45, 2.75) is 24.9 Å². The van der Waals surface area contributed by atoms with Gasteiger partial charge in [-0.25, -0.2) is 15.0 Å². The summed E-state index contributed by atoms with van der Waals surface area (Å²) in [6.45, 7) is 0. The largest absolute Gasteiger partial charge is 0.485 e. The molecular formula is C43H29N3O2. The molecule has 10 rings (SSSR count). The number of aromatic nitrogens is 3. The van der Waals surface area contributed by atoms with Crippen LogP contribution in [-0.4, -0.2) is 21.1 Å². The van der Waals surface area contributed by atoms with Gasteiger partial charge in [0.05, 0.1) is 0 Å². The van der Waals surface area contributed by atoms with E-state index in [1.54, 1.807) is 0 Å². The Morgan fingerprint density at radius 3 is 2.38 bits per heavy atom. The van der Waals surface area contributed by atoms with Crippen LogP contribution in [0.25, 0.3) is 73.3 Å². The van der Waals surface area contributed by atoms with Gasteiger partial charge in [0.25, 0.3) is 0 Å². The van der Waals surface area contributed by atoms with Crippen LogP contribution in [0.3, 0.4) is 0 Å². The highest BCUT2D eigenvalue weighted by Gasteiger charge is 2.32. The molecule has 228 valence electrons. The van der Waals surface area contributed by atoms with Crippen molar-refractivity contribution >= 4 is 28.0 Å². The number of hydrogen-bond acceptors (Lipinski definition) is 5. The quantitative estimate of drug-likeness (QED) is 0.196. The maximum atomic E-state index is 6.42. The third-order valence-corrected chi connectivity index (χ3v) is 9.74. The van der Waals surface area contributed by atoms with Crippen LogP contribution in [0.5, 0.6) is 5.75 Å². The average molecular weight is 620 g/mol. The van der Waals surface area contributed by atoms with Gasteiger partial charge in [0, 0.05) is 38.9 Å². The smallest absolute Gasteiger partial charge is 0.164 e. The summed E-state index contributed by atoms with van der Waals surface area (Å²) in [7, 11) is 0. The molecule has 7 aromatic rings. The Kier molecular flexibility index (Phi) is 6.06. The van der Waals surface area contributed by atoms with Crippen LogP contribution in [0, 0.1) is 0 Å².